The maximum Gasteiger partial charge on any atom is 0.224 e. The van der Waals surface area contributed by atoms with E-state index in [0.29, 0.717) is 11.9 Å². The van der Waals surface area contributed by atoms with Crippen LogP contribution in [0.5, 0.6) is 0 Å². The normalized spacial score (nSPS) is 14.6. The molecule has 0 atom stereocenters. The van der Waals surface area contributed by atoms with Crippen molar-refractivity contribution in [3.63, 3.8) is 0 Å². The minimum absolute atomic E-state index is 0.547. The van der Waals surface area contributed by atoms with Gasteiger partial charge in [-0.25, -0.2) is 4.98 Å². The van der Waals surface area contributed by atoms with Crippen molar-refractivity contribution in [1.82, 2.24) is 29.8 Å². The molecule has 0 amide bonds. The summed E-state index contributed by atoms with van der Waals surface area (Å²) < 4.78 is 1.78. The molecule has 0 unspecified atom stereocenters. The predicted octanol–water partition coefficient (Wildman–Crippen LogP) is 0.837. The maximum absolute atomic E-state index is 4.61. The molecule has 3 aromatic rings. The number of aromatic nitrogens is 6. The van der Waals surface area contributed by atoms with Gasteiger partial charge in [-0.05, 0) is 25.1 Å². The Labute approximate surface area is 145 Å². The van der Waals surface area contributed by atoms with E-state index in [-0.39, 0.29) is 0 Å². The van der Waals surface area contributed by atoms with Crippen molar-refractivity contribution in [2.24, 2.45) is 5.92 Å². The third kappa shape index (κ3) is 3.04. The van der Waals surface area contributed by atoms with E-state index >= 15 is 0 Å². The topological polar surface area (TPSA) is 87.4 Å². The summed E-state index contributed by atoms with van der Waals surface area (Å²) in [5.41, 5.74) is 0.776. The number of hydrogen-bond acceptors (Lipinski definition) is 8. The van der Waals surface area contributed by atoms with Gasteiger partial charge in [0.05, 0.1) is 0 Å². The van der Waals surface area contributed by atoms with Gasteiger partial charge in [0.25, 0.3) is 0 Å². The van der Waals surface area contributed by atoms with Crippen LogP contribution in [0.25, 0.3) is 5.65 Å². The van der Waals surface area contributed by atoms with Crippen LogP contribution in [-0.4, -0.2) is 63.5 Å². The summed E-state index contributed by atoms with van der Waals surface area (Å²) in [5.74, 6) is 3.87. The van der Waals surface area contributed by atoms with Crippen LogP contribution >= 0.6 is 0 Å². The Morgan fingerprint density at radius 3 is 2.84 bits per heavy atom. The van der Waals surface area contributed by atoms with Gasteiger partial charge in [-0.1, -0.05) is 0 Å². The fraction of sp³-hybridized carbons (Fsp3) is 0.438. The van der Waals surface area contributed by atoms with Crippen molar-refractivity contribution >= 4 is 23.2 Å². The molecule has 1 saturated heterocycles. The lowest BCUT2D eigenvalue weighted by Gasteiger charge is -2.40. The predicted molar refractivity (Wildman–Crippen MR) is 96.1 cm³/mol. The Kier molecular flexibility index (Phi) is 3.83. The van der Waals surface area contributed by atoms with E-state index < -0.39 is 0 Å². The smallest absolute Gasteiger partial charge is 0.224 e. The van der Waals surface area contributed by atoms with Gasteiger partial charge in [-0.3, -0.25) is 0 Å². The third-order valence-electron chi connectivity index (χ3n) is 4.33. The van der Waals surface area contributed by atoms with E-state index in [4.69, 9.17) is 0 Å². The molecule has 4 heterocycles. The van der Waals surface area contributed by atoms with Crippen molar-refractivity contribution in [2.45, 2.75) is 6.92 Å². The standard InChI is InChI=1S/C16H21N9/c1-11-20-21-14-4-5-15(22-25(11)14)24-9-12(10-24)8-18-16-17-7-6-13(19-16)23(2)3/h4-7,12H,8-10H2,1-3H3,(H,17,18,19). The summed E-state index contributed by atoms with van der Waals surface area (Å²) in [6.45, 7) is 4.67. The van der Waals surface area contributed by atoms with Crippen LogP contribution in [0.15, 0.2) is 24.4 Å². The van der Waals surface area contributed by atoms with Crippen LogP contribution in [0.4, 0.5) is 17.6 Å². The SMILES string of the molecule is Cc1nnc2ccc(N3CC(CNc4nccc(N(C)C)n4)C3)nn12. The Morgan fingerprint density at radius 2 is 2.04 bits per heavy atom. The van der Waals surface area contributed by atoms with Gasteiger partial charge < -0.3 is 15.1 Å². The van der Waals surface area contributed by atoms with Gasteiger partial charge in [0.1, 0.15) is 11.6 Å². The van der Waals surface area contributed by atoms with Crippen LogP contribution in [0.2, 0.25) is 0 Å². The Hall–Kier alpha value is -2.97. The molecule has 4 rings (SSSR count). The third-order valence-corrected chi connectivity index (χ3v) is 4.33. The summed E-state index contributed by atoms with van der Waals surface area (Å²) in [6.07, 6.45) is 1.78. The van der Waals surface area contributed by atoms with Crippen molar-refractivity contribution in [3.8, 4) is 0 Å². The van der Waals surface area contributed by atoms with Gasteiger partial charge >= 0.3 is 0 Å². The Bertz CT molecular complexity index is 882. The molecule has 1 aliphatic heterocycles. The first-order valence-corrected chi connectivity index (χ1v) is 8.28. The van der Waals surface area contributed by atoms with E-state index in [2.05, 4.69) is 35.5 Å². The Balaban J connectivity index is 1.34. The van der Waals surface area contributed by atoms with Gasteiger partial charge in [0, 0.05) is 45.8 Å². The van der Waals surface area contributed by atoms with Gasteiger partial charge in [-0.2, -0.15) is 9.50 Å². The molecule has 1 N–H and O–H groups in total. The molecular formula is C16H21N9. The Morgan fingerprint density at radius 1 is 1.20 bits per heavy atom. The van der Waals surface area contributed by atoms with E-state index in [0.717, 1.165) is 42.7 Å². The fourth-order valence-corrected chi connectivity index (χ4v) is 2.86. The van der Waals surface area contributed by atoms with E-state index in [1.165, 1.54) is 0 Å². The number of aryl methyl sites for hydroxylation is 1. The van der Waals surface area contributed by atoms with Crippen molar-refractivity contribution in [3.05, 3.63) is 30.2 Å². The van der Waals surface area contributed by atoms with Crippen LogP contribution < -0.4 is 15.1 Å². The number of hydrogen-bond donors (Lipinski definition) is 1. The lowest BCUT2D eigenvalue weighted by molar-refractivity contribution is 0.424. The fourth-order valence-electron chi connectivity index (χ4n) is 2.86. The molecule has 1 aliphatic rings. The van der Waals surface area contributed by atoms with Crippen LogP contribution in [0, 0.1) is 12.8 Å². The second kappa shape index (κ2) is 6.15. The highest BCUT2D eigenvalue weighted by molar-refractivity contribution is 5.47. The first-order valence-electron chi connectivity index (χ1n) is 8.28. The summed E-state index contributed by atoms with van der Waals surface area (Å²) in [5, 5.41) is 16.0. The second-order valence-corrected chi connectivity index (χ2v) is 6.49. The van der Waals surface area contributed by atoms with Crippen LogP contribution in [0.3, 0.4) is 0 Å². The van der Waals surface area contributed by atoms with Crippen molar-refractivity contribution < 1.29 is 0 Å². The molecule has 1 fully saturated rings. The lowest BCUT2D eigenvalue weighted by atomic mass is 10.0. The molecule has 3 aromatic heterocycles. The van der Waals surface area contributed by atoms with Crippen LogP contribution in [0.1, 0.15) is 5.82 Å². The molecule has 0 radical (unpaired) electrons. The number of nitrogens with zero attached hydrogens (tertiary/aromatic N) is 8. The molecular weight excluding hydrogens is 318 g/mol. The zero-order valence-electron chi connectivity index (χ0n) is 14.6. The largest absolute Gasteiger partial charge is 0.363 e. The average Bonchev–Trinajstić information content (AvgIpc) is 2.94. The minimum atomic E-state index is 0.547. The quantitative estimate of drug-likeness (QED) is 0.732. The molecule has 0 aliphatic carbocycles. The van der Waals surface area contributed by atoms with E-state index in [1.54, 1.807) is 10.7 Å². The molecule has 9 heteroatoms. The first kappa shape index (κ1) is 15.6. The molecule has 0 bridgehead atoms. The summed E-state index contributed by atoms with van der Waals surface area (Å²) in [4.78, 5) is 13.0. The molecule has 0 spiro atoms. The molecule has 9 nitrogen and oxygen atoms in total. The van der Waals surface area contributed by atoms with Gasteiger partial charge in [-0.15, -0.1) is 15.3 Å². The highest BCUT2D eigenvalue weighted by Gasteiger charge is 2.28. The molecule has 25 heavy (non-hydrogen) atoms. The van der Waals surface area contributed by atoms with Crippen molar-refractivity contribution in [2.75, 3.05) is 48.8 Å². The van der Waals surface area contributed by atoms with Gasteiger partial charge in [0.2, 0.25) is 5.95 Å². The summed E-state index contributed by atoms with van der Waals surface area (Å²) >= 11 is 0. The van der Waals surface area contributed by atoms with Gasteiger partial charge in [0.15, 0.2) is 11.5 Å². The lowest BCUT2D eigenvalue weighted by Crippen LogP contribution is -2.50. The number of anilines is 3. The summed E-state index contributed by atoms with van der Waals surface area (Å²) in [6, 6.07) is 5.84. The highest BCUT2D eigenvalue weighted by Crippen LogP contribution is 2.23. The highest BCUT2D eigenvalue weighted by atomic mass is 15.4. The number of nitrogens with one attached hydrogen (secondary N) is 1. The number of rotatable bonds is 5. The van der Waals surface area contributed by atoms with Crippen molar-refractivity contribution in [1.29, 1.82) is 0 Å². The average molecular weight is 339 g/mol. The molecule has 0 saturated carbocycles. The first-order chi connectivity index (χ1) is 12.1. The summed E-state index contributed by atoms with van der Waals surface area (Å²) in [7, 11) is 3.94. The van der Waals surface area contributed by atoms with E-state index in [9.17, 15) is 0 Å². The zero-order chi connectivity index (χ0) is 17.4. The molecule has 130 valence electrons. The second-order valence-electron chi connectivity index (χ2n) is 6.49. The maximum atomic E-state index is 4.61. The zero-order valence-corrected chi connectivity index (χ0v) is 14.6. The van der Waals surface area contributed by atoms with E-state index in [1.807, 2.05) is 44.1 Å². The number of fused-ring (bicyclic) bond motifs is 1. The monoisotopic (exact) mass is 339 g/mol. The molecule has 0 aromatic carbocycles. The van der Waals surface area contributed by atoms with Crippen LogP contribution in [-0.2, 0) is 0 Å². The minimum Gasteiger partial charge on any atom is -0.363 e.